The number of hydrogen-bond acceptors (Lipinski definition) is 2. The first kappa shape index (κ1) is 17.8. The van der Waals surface area contributed by atoms with Gasteiger partial charge in [-0.25, -0.2) is 0 Å². The quantitative estimate of drug-likeness (QED) is 0.850. The summed E-state index contributed by atoms with van der Waals surface area (Å²) in [5.41, 5.74) is 3.61. The minimum absolute atomic E-state index is 0.0389. The lowest BCUT2D eigenvalue weighted by Crippen LogP contribution is -2.28. The minimum Gasteiger partial charge on any atom is -0.326 e. The van der Waals surface area contributed by atoms with Crippen molar-refractivity contribution in [2.24, 2.45) is 5.92 Å². The van der Waals surface area contributed by atoms with Gasteiger partial charge in [0, 0.05) is 24.3 Å². The second kappa shape index (κ2) is 7.06. The van der Waals surface area contributed by atoms with Gasteiger partial charge in [-0.3, -0.25) is 9.59 Å². The third kappa shape index (κ3) is 3.65. The van der Waals surface area contributed by atoms with Gasteiger partial charge in [0.1, 0.15) is 0 Å². The highest BCUT2D eigenvalue weighted by atomic mass is 35.5. The fourth-order valence-corrected chi connectivity index (χ4v) is 3.26. The van der Waals surface area contributed by atoms with Crippen LogP contribution in [-0.4, -0.2) is 18.4 Å². The van der Waals surface area contributed by atoms with E-state index in [-0.39, 0.29) is 18.2 Å². The number of amides is 2. The van der Waals surface area contributed by atoms with Gasteiger partial charge in [0.2, 0.25) is 11.8 Å². The molecule has 3 rings (SSSR count). The average Bonchev–Trinajstić information content (AvgIpc) is 2.95. The Morgan fingerprint density at radius 1 is 1.16 bits per heavy atom. The van der Waals surface area contributed by atoms with Crippen LogP contribution in [0.3, 0.4) is 0 Å². The number of benzene rings is 2. The third-order valence-electron chi connectivity index (χ3n) is 4.55. The van der Waals surface area contributed by atoms with Crippen molar-refractivity contribution < 1.29 is 9.59 Å². The van der Waals surface area contributed by atoms with Crippen molar-refractivity contribution in [2.45, 2.75) is 20.3 Å². The number of aryl methyl sites for hydroxylation is 1. The topological polar surface area (TPSA) is 49.4 Å². The molecule has 1 heterocycles. The molecule has 1 saturated heterocycles. The molecule has 0 aliphatic carbocycles. The number of hydrogen-bond donors (Lipinski definition) is 1. The monoisotopic (exact) mass is 376 g/mol. The van der Waals surface area contributed by atoms with Crippen molar-refractivity contribution in [3.05, 3.63) is 57.6 Å². The summed E-state index contributed by atoms with van der Waals surface area (Å²) in [5.74, 6) is -0.635. The Morgan fingerprint density at radius 3 is 2.64 bits per heavy atom. The molecule has 1 N–H and O–H groups in total. The van der Waals surface area contributed by atoms with Crippen molar-refractivity contribution >= 4 is 46.4 Å². The molecule has 4 nitrogen and oxygen atoms in total. The molecule has 1 aliphatic heterocycles. The molecule has 2 aromatic carbocycles. The Bertz CT molecular complexity index is 851. The van der Waals surface area contributed by atoms with Crippen molar-refractivity contribution in [3.63, 3.8) is 0 Å². The van der Waals surface area contributed by atoms with Gasteiger partial charge in [-0.15, -0.1) is 0 Å². The Balaban J connectivity index is 1.74. The highest BCUT2D eigenvalue weighted by molar-refractivity contribution is 6.42. The van der Waals surface area contributed by atoms with Crippen LogP contribution >= 0.6 is 23.2 Å². The van der Waals surface area contributed by atoms with Crippen LogP contribution in [0.1, 0.15) is 17.5 Å². The van der Waals surface area contributed by atoms with Crippen molar-refractivity contribution in [1.29, 1.82) is 0 Å². The molecule has 0 spiro atoms. The summed E-state index contributed by atoms with van der Waals surface area (Å²) in [7, 11) is 0. The highest BCUT2D eigenvalue weighted by Gasteiger charge is 2.35. The molecule has 25 heavy (non-hydrogen) atoms. The summed E-state index contributed by atoms with van der Waals surface area (Å²) in [4.78, 5) is 26.6. The first-order chi connectivity index (χ1) is 11.9. The zero-order valence-electron chi connectivity index (χ0n) is 14.0. The molecule has 1 aliphatic rings. The van der Waals surface area contributed by atoms with Gasteiger partial charge >= 0.3 is 0 Å². The Hall–Kier alpha value is -2.04. The van der Waals surface area contributed by atoms with Crippen LogP contribution in [0, 0.1) is 19.8 Å². The first-order valence-electron chi connectivity index (χ1n) is 7.99. The highest BCUT2D eigenvalue weighted by Crippen LogP contribution is 2.30. The van der Waals surface area contributed by atoms with Crippen molar-refractivity contribution in [3.8, 4) is 0 Å². The number of rotatable bonds is 3. The summed E-state index contributed by atoms with van der Waals surface area (Å²) in [5, 5.41) is 3.61. The van der Waals surface area contributed by atoms with E-state index in [2.05, 4.69) is 5.32 Å². The predicted octanol–water partition coefficient (Wildman–Crippen LogP) is 4.60. The summed E-state index contributed by atoms with van der Waals surface area (Å²) in [6, 6.07) is 10.8. The lowest BCUT2D eigenvalue weighted by Gasteiger charge is -2.20. The second-order valence-electron chi connectivity index (χ2n) is 6.24. The molecule has 0 unspecified atom stereocenters. The van der Waals surface area contributed by atoms with E-state index in [0.29, 0.717) is 22.3 Å². The van der Waals surface area contributed by atoms with E-state index in [9.17, 15) is 9.59 Å². The SMILES string of the molecule is Cc1cccc(N2C[C@@H](C(=O)Nc3ccc(Cl)c(Cl)c3)CC2=O)c1C. The van der Waals surface area contributed by atoms with E-state index in [0.717, 1.165) is 16.8 Å². The van der Waals surface area contributed by atoms with Crippen molar-refractivity contribution in [1.82, 2.24) is 0 Å². The van der Waals surface area contributed by atoms with Crippen LogP contribution in [0.4, 0.5) is 11.4 Å². The minimum atomic E-state index is -0.401. The zero-order chi connectivity index (χ0) is 18.1. The molecule has 1 atom stereocenters. The smallest absolute Gasteiger partial charge is 0.229 e. The van der Waals surface area contributed by atoms with Crippen LogP contribution in [0.25, 0.3) is 0 Å². The number of carbonyl (C=O) groups is 2. The largest absolute Gasteiger partial charge is 0.326 e. The number of anilines is 2. The molecule has 0 aromatic heterocycles. The Labute approximate surface area is 156 Å². The summed E-state index contributed by atoms with van der Waals surface area (Å²) < 4.78 is 0. The van der Waals surface area contributed by atoms with Crippen LogP contribution < -0.4 is 10.2 Å². The molecule has 0 radical (unpaired) electrons. The number of halogens is 2. The van der Waals surface area contributed by atoms with Crippen molar-refractivity contribution in [2.75, 3.05) is 16.8 Å². The van der Waals surface area contributed by atoms with Gasteiger partial charge in [-0.2, -0.15) is 0 Å². The molecule has 0 bridgehead atoms. The van der Waals surface area contributed by atoms with Crippen LogP contribution in [0.5, 0.6) is 0 Å². The zero-order valence-corrected chi connectivity index (χ0v) is 15.5. The molecule has 1 fully saturated rings. The summed E-state index contributed by atoms with van der Waals surface area (Å²) in [6.07, 6.45) is 0.195. The van der Waals surface area contributed by atoms with Gasteiger partial charge in [-0.05, 0) is 49.2 Å². The van der Waals surface area contributed by atoms with Gasteiger partial charge in [0.25, 0.3) is 0 Å². The number of nitrogens with one attached hydrogen (secondary N) is 1. The molecular weight excluding hydrogens is 359 g/mol. The maximum Gasteiger partial charge on any atom is 0.229 e. The lowest BCUT2D eigenvalue weighted by molar-refractivity contribution is -0.122. The molecule has 130 valence electrons. The fraction of sp³-hybridized carbons (Fsp3) is 0.263. The average molecular weight is 377 g/mol. The van der Waals surface area contributed by atoms with Gasteiger partial charge in [0.15, 0.2) is 0 Å². The van der Waals surface area contributed by atoms with Gasteiger partial charge in [-0.1, -0.05) is 35.3 Å². The lowest BCUT2D eigenvalue weighted by atomic mass is 10.1. The van der Waals surface area contributed by atoms with Crippen LogP contribution in [-0.2, 0) is 9.59 Å². The second-order valence-corrected chi connectivity index (χ2v) is 7.06. The molecule has 2 aromatic rings. The molecule has 0 saturated carbocycles. The van der Waals surface area contributed by atoms with E-state index >= 15 is 0 Å². The standard InChI is InChI=1S/C19H18Cl2N2O2/c1-11-4-3-5-17(12(11)2)23-10-13(8-18(23)24)19(25)22-14-6-7-15(20)16(21)9-14/h3-7,9,13H,8,10H2,1-2H3,(H,22,25)/t13-/m0/s1. The van der Waals surface area contributed by atoms with Gasteiger partial charge < -0.3 is 10.2 Å². The van der Waals surface area contributed by atoms with E-state index in [1.807, 2.05) is 32.0 Å². The molecular formula is C19H18Cl2N2O2. The normalized spacial score (nSPS) is 17.0. The number of carbonyl (C=O) groups excluding carboxylic acids is 2. The Kier molecular flexibility index (Phi) is 5.02. The number of nitrogens with zero attached hydrogens (tertiary/aromatic N) is 1. The van der Waals surface area contributed by atoms with E-state index in [4.69, 9.17) is 23.2 Å². The van der Waals surface area contributed by atoms with Crippen LogP contribution in [0.2, 0.25) is 10.0 Å². The van der Waals surface area contributed by atoms with E-state index in [1.165, 1.54) is 0 Å². The molecule has 2 amide bonds. The van der Waals surface area contributed by atoms with Gasteiger partial charge in [0.05, 0.1) is 16.0 Å². The summed E-state index contributed by atoms with van der Waals surface area (Å²) in [6.45, 7) is 4.37. The predicted molar refractivity (Wildman–Crippen MR) is 101 cm³/mol. The summed E-state index contributed by atoms with van der Waals surface area (Å²) >= 11 is 11.9. The molecule has 6 heteroatoms. The maximum absolute atomic E-state index is 12.5. The van der Waals surface area contributed by atoms with E-state index < -0.39 is 5.92 Å². The third-order valence-corrected chi connectivity index (χ3v) is 5.29. The van der Waals surface area contributed by atoms with E-state index in [1.54, 1.807) is 23.1 Å². The maximum atomic E-state index is 12.5. The first-order valence-corrected chi connectivity index (χ1v) is 8.75. The fourth-order valence-electron chi connectivity index (χ4n) is 2.96. The van der Waals surface area contributed by atoms with Crippen LogP contribution in [0.15, 0.2) is 36.4 Å². The Morgan fingerprint density at radius 2 is 1.92 bits per heavy atom.